The number of piperidine rings is 3. The molecule has 194 valence electrons. The fraction of sp³-hybridized carbons (Fsp3) is 0.519. The first-order valence-corrected chi connectivity index (χ1v) is 13.3. The second-order valence-electron chi connectivity index (χ2n) is 10.6. The molecule has 1 atom stereocenters. The van der Waals surface area contributed by atoms with Crippen LogP contribution < -0.4 is 10.6 Å². The van der Waals surface area contributed by atoms with Crippen LogP contribution in [0.3, 0.4) is 0 Å². The van der Waals surface area contributed by atoms with E-state index in [1.54, 1.807) is 12.1 Å². The molecule has 0 saturated carbocycles. The lowest BCUT2D eigenvalue weighted by atomic mass is 9.90. The summed E-state index contributed by atoms with van der Waals surface area (Å²) in [6, 6.07) is 6.70. The van der Waals surface area contributed by atoms with E-state index < -0.39 is 23.8 Å². The molecule has 1 aromatic carbocycles. The SMILES string of the molecule is O=C1CCC(N2C(=O)c3ccc(CN4CCC(c5cc(C6CCNCC6)n[nH]5)CC4)cc3C2=O)C(=O)N1. The number of H-pyrrole nitrogens is 1. The number of aromatic nitrogens is 2. The zero-order chi connectivity index (χ0) is 25.5. The topological polar surface area (TPSA) is 128 Å². The van der Waals surface area contributed by atoms with Crippen molar-refractivity contribution < 1.29 is 19.2 Å². The Kier molecular flexibility index (Phi) is 6.37. The highest BCUT2D eigenvalue weighted by atomic mass is 16.2. The summed E-state index contributed by atoms with van der Waals surface area (Å²) in [7, 11) is 0. The molecule has 37 heavy (non-hydrogen) atoms. The molecular weight excluding hydrogens is 472 g/mol. The van der Waals surface area contributed by atoms with Crippen LogP contribution >= 0.6 is 0 Å². The Hall–Kier alpha value is -3.37. The highest BCUT2D eigenvalue weighted by Gasteiger charge is 2.44. The summed E-state index contributed by atoms with van der Waals surface area (Å²) >= 11 is 0. The summed E-state index contributed by atoms with van der Waals surface area (Å²) in [6.45, 7) is 4.70. The number of carbonyl (C=O) groups is 4. The molecule has 2 aromatic rings. The molecule has 3 saturated heterocycles. The number of likely N-dealkylation sites (tertiary alicyclic amines) is 1. The van der Waals surface area contributed by atoms with Gasteiger partial charge in [0.1, 0.15) is 6.04 Å². The van der Waals surface area contributed by atoms with E-state index >= 15 is 0 Å². The highest BCUT2D eigenvalue weighted by Crippen LogP contribution is 2.32. The van der Waals surface area contributed by atoms with Gasteiger partial charge in [0.15, 0.2) is 0 Å². The van der Waals surface area contributed by atoms with Crippen molar-refractivity contribution in [3.63, 3.8) is 0 Å². The van der Waals surface area contributed by atoms with E-state index in [1.165, 1.54) is 11.4 Å². The number of hydrogen-bond donors (Lipinski definition) is 3. The van der Waals surface area contributed by atoms with Crippen LogP contribution in [0.1, 0.15) is 88.0 Å². The predicted molar refractivity (Wildman–Crippen MR) is 134 cm³/mol. The van der Waals surface area contributed by atoms with Crippen molar-refractivity contribution in [2.45, 2.75) is 62.9 Å². The van der Waals surface area contributed by atoms with Gasteiger partial charge in [0.25, 0.3) is 11.8 Å². The van der Waals surface area contributed by atoms with Gasteiger partial charge >= 0.3 is 0 Å². The monoisotopic (exact) mass is 504 g/mol. The normalized spacial score (nSPS) is 24.0. The first-order chi connectivity index (χ1) is 18.0. The maximum absolute atomic E-state index is 13.1. The smallest absolute Gasteiger partial charge is 0.262 e. The van der Waals surface area contributed by atoms with Crippen LogP contribution in [0.2, 0.25) is 0 Å². The number of amides is 4. The fourth-order valence-corrected chi connectivity index (χ4v) is 6.17. The standard InChI is InChI=1S/C27H32N6O4/c34-24-4-3-23(25(35)29-24)33-26(36)19-2-1-16(13-20(19)27(33)37)15-32-11-7-18(8-12-32)22-14-21(30-31-22)17-5-9-28-10-6-17/h1-2,13-14,17-18,23,28H,3-12,15H2,(H,30,31)(H,29,34,35). The molecule has 5 heterocycles. The number of carbonyl (C=O) groups excluding carboxylic acids is 4. The molecule has 4 aliphatic rings. The number of nitrogens with one attached hydrogen (secondary N) is 3. The summed E-state index contributed by atoms with van der Waals surface area (Å²) in [5.74, 6) is -0.871. The fourth-order valence-electron chi connectivity index (χ4n) is 6.17. The molecule has 3 N–H and O–H groups in total. The quantitative estimate of drug-likeness (QED) is 0.529. The third kappa shape index (κ3) is 4.59. The molecule has 4 aliphatic heterocycles. The number of aromatic amines is 1. The van der Waals surface area contributed by atoms with Crippen LogP contribution in [0.25, 0.3) is 0 Å². The third-order valence-electron chi connectivity index (χ3n) is 8.31. The Balaban J connectivity index is 1.07. The van der Waals surface area contributed by atoms with Crippen LogP contribution in [0.4, 0.5) is 0 Å². The van der Waals surface area contributed by atoms with Gasteiger partial charge in [-0.15, -0.1) is 0 Å². The van der Waals surface area contributed by atoms with Crippen molar-refractivity contribution >= 4 is 23.6 Å². The van der Waals surface area contributed by atoms with E-state index in [0.717, 1.165) is 62.3 Å². The minimum Gasteiger partial charge on any atom is -0.317 e. The second kappa shape index (κ2) is 9.83. The molecule has 0 aliphatic carbocycles. The zero-order valence-corrected chi connectivity index (χ0v) is 20.8. The van der Waals surface area contributed by atoms with Gasteiger partial charge in [-0.1, -0.05) is 6.07 Å². The van der Waals surface area contributed by atoms with E-state index in [4.69, 9.17) is 0 Å². The van der Waals surface area contributed by atoms with Crippen molar-refractivity contribution in [2.75, 3.05) is 26.2 Å². The van der Waals surface area contributed by atoms with Gasteiger partial charge in [-0.25, -0.2) is 0 Å². The van der Waals surface area contributed by atoms with Crippen molar-refractivity contribution in [2.24, 2.45) is 0 Å². The average molecular weight is 505 g/mol. The lowest BCUT2D eigenvalue weighted by molar-refractivity contribution is -0.136. The van der Waals surface area contributed by atoms with Crippen LogP contribution in [-0.4, -0.2) is 75.8 Å². The summed E-state index contributed by atoms with van der Waals surface area (Å²) in [6.07, 6.45) is 4.64. The molecule has 1 unspecified atom stereocenters. The van der Waals surface area contributed by atoms with Crippen LogP contribution in [0.15, 0.2) is 24.3 Å². The number of rotatable bonds is 5. The molecular formula is C27H32N6O4. The van der Waals surface area contributed by atoms with Crippen LogP contribution in [-0.2, 0) is 16.1 Å². The van der Waals surface area contributed by atoms with E-state index in [0.29, 0.717) is 29.5 Å². The largest absolute Gasteiger partial charge is 0.317 e. The molecule has 10 heteroatoms. The van der Waals surface area contributed by atoms with E-state index in [2.05, 4.69) is 31.8 Å². The van der Waals surface area contributed by atoms with Gasteiger partial charge in [0.2, 0.25) is 11.8 Å². The first-order valence-electron chi connectivity index (χ1n) is 13.3. The predicted octanol–water partition coefficient (Wildman–Crippen LogP) is 1.66. The van der Waals surface area contributed by atoms with Crippen molar-refractivity contribution in [1.29, 1.82) is 0 Å². The lowest BCUT2D eigenvalue weighted by Crippen LogP contribution is -2.54. The van der Waals surface area contributed by atoms with Gasteiger partial charge in [-0.3, -0.25) is 39.4 Å². The number of nitrogens with zero attached hydrogens (tertiary/aromatic N) is 3. The van der Waals surface area contributed by atoms with E-state index in [9.17, 15) is 19.2 Å². The molecule has 1 aromatic heterocycles. The van der Waals surface area contributed by atoms with E-state index in [1.807, 2.05) is 6.07 Å². The Morgan fingerprint density at radius 2 is 1.62 bits per heavy atom. The second-order valence-corrected chi connectivity index (χ2v) is 10.6. The van der Waals surface area contributed by atoms with Gasteiger partial charge in [-0.05, 0) is 82.0 Å². The van der Waals surface area contributed by atoms with Crippen molar-refractivity contribution in [3.8, 4) is 0 Å². The van der Waals surface area contributed by atoms with Gasteiger partial charge in [-0.2, -0.15) is 5.10 Å². The Morgan fingerprint density at radius 3 is 2.38 bits per heavy atom. The summed E-state index contributed by atoms with van der Waals surface area (Å²) in [5, 5.41) is 13.6. The average Bonchev–Trinajstić information content (AvgIpc) is 3.49. The molecule has 0 radical (unpaired) electrons. The van der Waals surface area contributed by atoms with Gasteiger partial charge in [0, 0.05) is 30.5 Å². The van der Waals surface area contributed by atoms with Gasteiger partial charge < -0.3 is 5.32 Å². The Bertz CT molecular complexity index is 1240. The lowest BCUT2D eigenvalue weighted by Gasteiger charge is -2.31. The zero-order valence-electron chi connectivity index (χ0n) is 20.8. The third-order valence-corrected chi connectivity index (χ3v) is 8.31. The molecule has 4 amide bonds. The summed E-state index contributed by atoms with van der Waals surface area (Å²) < 4.78 is 0. The molecule has 0 spiro atoms. The maximum Gasteiger partial charge on any atom is 0.262 e. The number of benzene rings is 1. The Labute approximate surface area is 215 Å². The van der Waals surface area contributed by atoms with Gasteiger partial charge in [0.05, 0.1) is 16.8 Å². The summed E-state index contributed by atoms with van der Waals surface area (Å²) in [4.78, 5) is 53.2. The molecule has 6 rings (SSSR count). The number of imide groups is 2. The molecule has 10 nitrogen and oxygen atoms in total. The molecule has 0 bridgehead atoms. The number of fused-ring (bicyclic) bond motifs is 1. The molecule has 3 fully saturated rings. The van der Waals surface area contributed by atoms with Crippen molar-refractivity contribution in [1.82, 2.24) is 30.6 Å². The van der Waals surface area contributed by atoms with Crippen LogP contribution in [0, 0.1) is 0 Å². The minimum atomic E-state index is -0.939. The maximum atomic E-state index is 13.1. The first kappa shape index (κ1) is 24.0. The number of hydrogen-bond acceptors (Lipinski definition) is 7. The Morgan fingerprint density at radius 1 is 0.865 bits per heavy atom. The van der Waals surface area contributed by atoms with Crippen molar-refractivity contribution in [3.05, 3.63) is 52.3 Å². The summed E-state index contributed by atoms with van der Waals surface area (Å²) in [5.41, 5.74) is 4.06. The van der Waals surface area contributed by atoms with E-state index in [-0.39, 0.29) is 18.7 Å². The minimum absolute atomic E-state index is 0.114. The highest BCUT2D eigenvalue weighted by molar-refractivity contribution is 6.23. The van der Waals surface area contributed by atoms with Crippen LogP contribution in [0.5, 0.6) is 0 Å².